The van der Waals surface area contributed by atoms with Crippen LogP contribution in [0.2, 0.25) is 0 Å². The van der Waals surface area contributed by atoms with Gasteiger partial charge in [0.05, 0.1) is 11.7 Å². The molecule has 1 aliphatic rings. The van der Waals surface area contributed by atoms with Crippen molar-refractivity contribution >= 4 is 22.7 Å². The number of aromatic nitrogens is 1. The minimum absolute atomic E-state index is 0.109. The van der Waals surface area contributed by atoms with E-state index in [-0.39, 0.29) is 17.9 Å². The van der Waals surface area contributed by atoms with Gasteiger partial charge in [-0.05, 0) is 49.4 Å². The monoisotopic (exact) mass is 479 g/mol. The van der Waals surface area contributed by atoms with Gasteiger partial charge in [-0.15, -0.1) is 0 Å². The SMILES string of the molecule is Cc1ccc(-c2[nH]c3ccccc3c2[C@H]2c3ccccc3C(=O)N2[C@@H](C)C(=O)NCCC(C)C)cc1. The van der Waals surface area contributed by atoms with E-state index in [0.29, 0.717) is 18.0 Å². The van der Waals surface area contributed by atoms with Crippen molar-refractivity contribution in [3.8, 4) is 11.3 Å². The first kappa shape index (κ1) is 23.9. The highest BCUT2D eigenvalue weighted by atomic mass is 16.2. The number of hydrogen-bond acceptors (Lipinski definition) is 2. The molecule has 2 amide bonds. The number of amides is 2. The molecule has 184 valence electrons. The molecule has 5 nitrogen and oxygen atoms in total. The molecule has 0 bridgehead atoms. The Morgan fingerprint density at radius 2 is 1.67 bits per heavy atom. The molecule has 1 aromatic heterocycles. The first-order valence-electron chi connectivity index (χ1n) is 12.7. The Morgan fingerprint density at radius 3 is 2.42 bits per heavy atom. The number of para-hydroxylation sites is 1. The van der Waals surface area contributed by atoms with Crippen LogP contribution in [0.5, 0.6) is 0 Å². The first-order chi connectivity index (χ1) is 17.4. The van der Waals surface area contributed by atoms with E-state index >= 15 is 0 Å². The minimum atomic E-state index is -0.624. The highest BCUT2D eigenvalue weighted by Crippen LogP contribution is 2.46. The van der Waals surface area contributed by atoms with Gasteiger partial charge in [0, 0.05) is 28.6 Å². The van der Waals surface area contributed by atoms with E-state index in [2.05, 4.69) is 67.5 Å². The zero-order valence-corrected chi connectivity index (χ0v) is 21.3. The summed E-state index contributed by atoms with van der Waals surface area (Å²) in [7, 11) is 0. The van der Waals surface area contributed by atoms with Crippen molar-refractivity contribution in [2.45, 2.75) is 46.2 Å². The normalized spacial score (nSPS) is 16.0. The number of fused-ring (bicyclic) bond motifs is 2. The number of benzene rings is 3. The van der Waals surface area contributed by atoms with Crippen LogP contribution in [0.4, 0.5) is 0 Å². The molecule has 2 heterocycles. The smallest absolute Gasteiger partial charge is 0.255 e. The van der Waals surface area contributed by atoms with Gasteiger partial charge in [-0.3, -0.25) is 9.59 Å². The van der Waals surface area contributed by atoms with Crippen LogP contribution in [0.15, 0.2) is 72.8 Å². The van der Waals surface area contributed by atoms with Gasteiger partial charge in [0.25, 0.3) is 5.91 Å². The molecule has 36 heavy (non-hydrogen) atoms. The molecule has 0 saturated carbocycles. The van der Waals surface area contributed by atoms with Gasteiger partial charge in [0.15, 0.2) is 0 Å². The molecule has 1 aliphatic heterocycles. The largest absolute Gasteiger partial charge is 0.354 e. The molecule has 5 heteroatoms. The summed E-state index contributed by atoms with van der Waals surface area (Å²) >= 11 is 0. The van der Waals surface area contributed by atoms with Gasteiger partial charge in [-0.2, -0.15) is 0 Å². The Morgan fingerprint density at radius 1 is 0.972 bits per heavy atom. The predicted octanol–water partition coefficient (Wildman–Crippen LogP) is 6.24. The van der Waals surface area contributed by atoms with Crippen LogP contribution in [0.1, 0.15) is 60.3 Å². The second kappa shape index (κ2) is 9.65. The van der Waals surface area contributed by atoms with Crippen LogP contribution < -0.4 is 5.32 Å². The fourth-order valence-electron chi connectivity index (χ4n) is 5.18. The summed E-state index contributed by atoms with van der Waals surface area (Å²) in [4.78, 5) is 32.4. The molecular formula is C31H33N3O2. The number of hydrogen-bond donors (Lipinski definition) is 2. The van der Waals surface area contributed by atoms with Gasteiger partial charge in [-0.25, -0.2) is 0 Å². The molecule has 0 fully saturated rings. The fourth-order valence-corrected chi connectivity index (χ4v) is 5.18. The van der Waals surface area contributed by atoms with Crippen molar-refractivity contribution in [1.29, 1.82) is 0 Å². The zero-order valence-electron chi connectivity index (χ0n) is 21.3. The van der Waals surface area contributed by atoms with Gasteiger partial charge < -0.3 is 15.2 Å². The molecule has 2 N–H and O–H groups in total. The number of rotatable bonds is 7. The lowest BCUT2D eigenvalue weighted by molar-refractivity contribution is -0.125. The minimum Gasteiger partial charge on any atom is -0.354 e. The van der Waals surface area contributed by atoms with Crippen LogP contribution in [-0.4, -0.2) is 34.3 Å². The maximum Gasteiger partial charge on any atom is 0.255 e. The van der Waals surface area contributed by atoms with Crippen molar-refractivity contribution in [3.63, 3.8) is 0 Å². The van der Waals surface area contributed by atoms with Crippen LogP contribution >= 0.6 is 0 Å². The molecule has 5 rings (SSSR count). The maximum absolute atomic E-state index is 13.8. The number of carbonyl (C=O) groups excluding carboxylic acids is 2. The summed E-state index contributed by atoms with van der Waals surface area (Å²) in [5.41, 5.74) is 6.84. The van der Waals surface area contributed by atoms with E-state index in [1.165, 1.54) is 5.56 Å². The topological polar surface area (TPSA) is 65.2 Å². The summed E-state index contributed by atoms with van der Waals surface area (Å²) in [6.45, 7) is 8.78. The van der Waals surface area contributed by atoms with Gasteiger partial charge in [-0.1, -0.05) is 80.1 Å². The summed E-state index contributed by atoms with van der Waals surface area (Å²) in [6, 6.07) is 23.3. The fraction of sp³-hybridized carbons (Fsp3) is 0.290. The van der Waals surface area contributed by atoms with Crippen molar-refractivity contribution in [2.75, 3.05) is 6.54 Å². The quantitative estimate of drug-likeness (QED) is 0.330. The van der Waals surface area contributed by atoms with Crippen molar-refractivity contribution in [1.82, 2.24) is 15.2 Å². The lowest BCUT2D eigenvalue weighted by Gasteiger charge is -2.31. The predicted molar refractivity (Wildman–Crippen MR) is 145 cm³/mol. The number of nitrogens with one attached hydrogen (secondary N) is 2. The van der Waals surface area contributed by atoms with Crippen LogP contribution in [0.3, 0.4) is 0 Å². The number of nitrogens with zero attached hydrogens (tertiary/aromatic N) is 1. The number of aromatic amines is 1. The lowest BCUT2D eigenvalue weighted by atomic mass is 9.92. The molecular weight excluding hydrogens is 446 g/mol. The van der Waals surface area contributed by atoms with Crippen molar-refractivity contribution < 1.29 is 9.59 Å². The molecule has 4 aromatic rings. The standard InChI is InChI=1S/C31H33N3O2/c1-19(2)17-18-32-30(35)21(4)34-29(23-9-5-6-10-24(23)31(34)36)27-25-11-7-8-12-26(25)33-28(27)22-15-13-20(3)14-16-22/h5-16,19,21,29,33H,17-18H2,1-4H3,(H,32,35)/t21-,29+/m0/s1. The van der Waals surface area contributed by atoms with E-state index in [9.17, 15) is 9.59 Å². The molecule has 0 radical (unpaired) electrons. The van der Waals surface area contributed by atoms with E-state index in [4.69, 9.17) is 0 Å². The zero-order chi connectivity index (χ0) is 25.4. The summed E-state index contributed by atoms with van der Waals surface area (Å²) in [5, 5.41) is 4.11. The second-order valence-electron chi connectivity index (χ2n) is 10.2. The van der Waals surface area contributed by atoms with Crippen molar-refractivity contribution in [2.24, 2.45) is 5.92 Å². The first-order valence-corrected chi connectivity index (χ1v) is 12.7. The van der Waals surface area contributed by atoms with Crippen LogP contribution in [0, 0.1) is 12.8 Å². The third-order valence-corrected chi connectivity index (χ3v) is 7.18. The Bertz CT molecular complexity index is 1420. The van der Waals surface area contributed by atoms with E-state index in [0.717, 1.165) is 39.7 Å². The summed E-state index contributed by atoms with van der Waals surface area (Å²) in [5.74, 6) is 0.259. The molecule has 0 saturated heterocycles. The molecule has 0 aliphatic carbocycles. The third kappa shape index (κ3) is 4.19. The Labute approximate surface area is 212 Å². The maximum atomic E-state index is 13.8. The Balaban J connectivity index is 1.66. The lowest BCUT2D eigenvalue weighted by Crippen LogP contribution is -2.47. The number of H-pyrrole nitrogens is 1. The number of carbonyl (C=O) groups is 2. The average molecular weight is 480 g/mol. The second-order valence-corrected chi connectivity index (χ2v) is 10.2. The van der Waals surface area contributed by atoms with Crippen molar-refractivity contribution in [3.05, 3.63) is 95.1 Å². The molecule has 3 aromatic carbocycles. The molecule has 2 atom stereocenters. The third-order valence-electron chi connectivity index (χ3n) is 7.18. The van der Waals surface area contributed by atoms with Gasteiger partial charge >= 0.3 is 0 Å². The Hall–Kier alpha value is -3.86. The molecule has 0 spiro atoms. The van der Waals surface area contributed by atoms with Crippen LogP contribution in [0.25, 0.3) is 22.2 Å². The number of aryl methyl sites for hydroxylation is 1. The molecule has 0 unspecified atom stereocenters. The summed E-state index contributed by atoms with van der Waals surface area (Å²) < 4.78 is 0. The van der Waals surface area contributed by atoms with E-state index in [1.807, 2.05) is 43.3 Å². The average Bonchev–Trinajstić information content (AvgIpc) is 3.39. The van der Waals surface area contributed by atoms with Gasteiger partial charge in [0.1, 0.15) is 6.04 Å². The van der Waals surface area contributed by atoms with E-state index in [1.54, 1.807) is 4.90 Å². The highest BCUT2D eigenvalue weighted by molar-refractivity contribution is 6.04. The summed E-state index contributed by atoms with van der Waals surface area (Å²) in [6.07, 6.45) is 0.899. The highest BCUT2D eigenvalue weighted by Gasteiger charge is 2.44. The van der Waals surface area contributed by atoms with Crippen LogP contribution in [-0.2, 0) is 4.79 Å². The Kier molecular flexibility index (Phi) is 6.40. The van der Waals surface area contributed by atoms with E-state index < -0.39 is 6.04 Å². The van der Waals surface area contributed by atoms with Gasteiger partial charge in [0.2, 0.25) is 5.91 Å².